The van der Waals surface area contributed by atoms with Crippen LogP contribution in [0, 0.1) is 11.3 Å². The summed E-state index contributed by atoms with van der Waals surface area (Å²) in [4.78, 5) is 16.8. The third-order valence-electron chi connectivity index (χ3n) is 4.80. The molecule has 5 nitrogen and oxygen atoms in total. The van der Waals surface area contributed by atoms with Gasteiger partial charge < -0.3 is 14.4 Å². The highest BCUT2D eigenvalue weighted by atomic mass is 16.2. The number of aromatic nitrogens is 1. The fraction of sp³-hybridized carbons (Fsp3) is 0.400. The predicted molar refractivity (Wildman–Crippen MR) is 99.9 cm³/mol. The summed E-state index contributed by atoms with van der Waals surface area (Å²) in [5, 5.41) is 9.95. The number of amides is 1. The van der Waals surface area contributed by atoms with Crippen molar-refractivity contribution in [2.75, 3.05) is 26.7 Å². The molecule has 1 saturated heterocycles. The molecule has 0 spiro atoms. The van der Waals surface area contributed by atoms with Gasteiger partial charge >= 0.3 is 0 Å². The molecule has 0 bridgehead atoms. The molecule has 130 valence electrons. The normalized spacial score (nSPS) is 18.8. The van der Waals surface area contributed by atoms with Crippen LogP contribution in [0.3, 0.4) is 0 Å². The molecule has 2 aromatic rings. The van der Waals surface area contributed by atoms with Gasteiger partial charge in [-0.2, -0.15) is 5.26 Å². The Morgan fingerprint density at radius 2 is 2.16 bits per heavy atom. The maximum Gasteiger partial charge on any atom is 0.246 e. The smallest absolute Gasteiger partial charge is 0.246 e. The number of fused-ring (bicyclic) bond motifs is 1. The van der Waals surface area contributed by atoms with E-state index < -0.39 is 0 Å². The quantitative estimate of drug-likeness (QED) is 0.807. The van der Waals surface area contributed by atoms with Crippen molar-refractivity contribution in [3.05, 3.63) is 42.1 Å². The molecule has 1 aromatic heterocycles. The van der Waals surface area contributed by atoms with Gasteiger partial charge in [0.2, 0.25) is 5.91 Å². The van der Waals surface area contributed by atoms with E-state index in [2.05, 4.69) is 41.6 Å². The molecular weight excluding hydrogens is 312 g/mol. The van der Waals surface area contributed by atoms with Crippen LogP contribution in [0.15, 0.2) is 36.5 Å². The standard InChI is InChI=1S/C20H24N4O/c1-16-14-22(2)12-13-24(16)20(25)9-8-17-15-23(11-5-10-21)19-7-4-3-6-18(17)19/h3-4,6-9,15-16H,5,11-14H2,1-2H3. The lowest BCUT2D eigenvalue weighted by atomic mass is 10.1. The maximum absolute atomic E-state index is 12.6. The van der Waals surface area contributed by atoms with Crippen molar-refractivity contribution in [3.8, 4) is 6.07 Å². The van der Waals surface area contributed by atoms with Crippen LogP contribution in [0.2, 0.25) is 0 Å². The van der Waals surface area contributed by atoms with Gasteiger partial charge in [-0.15, -0.1) is 0 Å². The molecule has 0 radical (unpaired) electrons. The predicted octanol–water partition coefficient (Wildman–Crippen LogP) is 2.73. The van der Waals surface area contributed by atoms with Crippen LogP contribution in [-0.2, 0) is 11.3 Å². The zero-order valence-corrected chi connectivity index (χ0v) is 14.9. The summed E-state index contributed by atoms with van der Waals surface area (Å²) in [6, 6.07) is 10.5. The number of nitriles is 1. The summed E-state index contributed by atoms with van der Waals surface area (Å²) < 4.78 is 2.08. The minimum Gasteiger partial charge on any atom is -0.346 e. The van der Waals surface area contributed by atoms with Gasteiger partial charge in [-0.05, 0) is 26.1 Å². The first-order valence-corrected chi connectivity index (χ1v) is 8.72. The van der Waals surface area contributed by atoms with Crippen molar-refractivity contribution < 1.29 is 4.79 Å². The number of hydrogen-bond acceptors (Lipinski definition) is 3. The van der Waals surface area contributed by atoms with Crippen molar-refractivity contribution in [3.63, 3.8) is 0 Å². The number of carbonyl (C=O) groups excluding carboxylic acids is 1. The first-order valence-electron chi connectivity index (χ1n) is 8.72. The van der Waals surface area contributed by atoms with Crippen LogP contribution in [0.4, 0.5) is 0 Å². The summed E-state index contributed by atoms with van der Waals surface area (Å²) in [6.07, 6.45) is 6.08. The molecule has 1 amide bonds. The number of piperazine rings is 1. The summed E-state index contributed by atoms with van der Waals surface area (Å²) in [5.74, 6) is 0.0643. The Bertz CT molecular complexity index is 830. The molecule has 25 heavy (non-hydrogen) atoms. The van der Waals surface area contributed by atoms with Crippen molar-refractivity contribution in [2.24, 2.45) is 0 Å². The average molecular weight is 336 g/mol. The highest BCUT2D eigenvalue weighted by Crippen LogP contribution is 2.23. The topological polar surface area (TPSA) is 52.3 Å². The SMILES string of the molecule is CC1CN(C)CCN1C(=O)C=Cc1cn(CCC#N)c2ccccc12. The van der Waals surface area contributed by atoms with E-state index in [4.69, 9.17) is 5.26 Å². The third kappa shape index (κ3) is 3.75. The van der Waals surface area contributed by atoms with E-state index in [1.54, 1.807) is 6.08 Å². The van der Waals surface area contributed by atoms with E-state index in [1.807, 2.05) is 29.3 Å². The molecule has 1 atom stereocenters. The zero-order chi connectivity index (χ0) is 17.8. The van der Waals surface area contributed by atoms with Gasteiger partial charge in [0.15, 0.2) is 0 Å². The Morgan fingerprint density at radius 3 is 2.92 bits per heavy atom. The fourth-order valence-electron chi connectivity index (χ4n) is 3.49. The van der Waals surface area contributed by atoms with E-state index in [9.17, 15) is 4.79 Å². The second-order valence-corrected chi connectivity index (χ2v) is 6.68. The minimum absolute atomic E-state index is 0.0643. The minimum atomic E-state index is 0.0643. The van der Waals surface area contributed by atoms with E-state index in [1.165, 1.54) is 0 Å². The third-order valence-corrected chi connectivity index (χ3v) is 4.80. The van der Waals surface area contributed by atoms with Crippen molar-refractivity contribution in [1.29, 1.82) is 5.26 Å². The molecule has 0 saturated carbocycles. The molecule has 5 heteroatoms. The second kappa shape index (κ2) is 7.54. The average Bonchev–Trinajstić information content (AvgIpc) is 2.96. The Morgan fingerprint density at radius 1 is 1.36 bits per heavy atom. The molecular formula is C20H24N4O. The van der Waals surface area contributed by atoms with E-state index in [-0.39, 0.29) is 11.9 Å². The number of nitrogens with zero attached hydrogens (tertiary/aromatic N) is 4. The largest absolute Gasteiger partial charge is 0.346 e. The maximum atomic E-state index is 12.6. The molecule has 2 heterocycles. The summed E-state index contributed by atoms with van der Waals surface area (Å²) >= 11 is 0. The van der Waals surface area contributed by atoms with E-state index >= 15 is 0 Å². The highest BCUT2D eigenvalue weighted by molar-refractivity contribution is 5.96. The van der Waals surface area contributed by atoms with Crippen molar-refractivity contribution in [2.45, 2.75) is 25.9 Å². The van der Waals surface area contributed by atoms with Gasteiger partial charge in [-0.25, -0.2) is 0 Å². The summed E-state index contributed by atoms with van der Waals surface area (Å²) in [6.45, 7) is 5.35. The van der Waals surface area contributed by atoms with Crippen molar-refractivity contribution >= 4 is 22.9 Å². The summed E-state index contributed by atoms with van der Waals surface area (Å²) in [7, 11) is 2.09. The number of carbonyl (C=O) groups is 1. The van der Waals surface area contributed by atoms with Gasteiger partial charge in [0.1, 0.15) is 0 Å². The Balaban J connectivity index is 1.81. The molecule has 0 aliphatic carbocycles. The van der Waals surface area contributed by atoms with Crippen LogP contribution in [0.5, 0.6) is 0 Å². The van der Waals surface area contributed by atoms with E-state index in [0.29, 0.717) is 13.0 Å². The lowest BCUT2D eigenvalue weighted by Gasteiger charge is -2.37. The Kier molecular flexibility index (Phi) is 5.20. The van der Waals surface area contributed by atoms with E-state index in [0.717, 1.165) is 36.1 Å². The van der Waals surface area contributed by atoms with Gasteiger partial charge in [0, 0.05) is 61.0 Å². The number of para-hydroxylation sites is 1. The van der Waals surface area contributed by atoms with Crippen LogP contribution >= 0.6 is 0 Å². The zero-order valence-electron chi connectivity index (χ0n) is 14.9. The molecule has 1 fully saturated rings. The molecule has 1 aliphatic rings. The molecule has 3 rings (SSSR count). The van der Waals surface area contributed by atoms with Crippen LogP contribution in [0.1, 0.15) is 18.9 Å². The summed E-state index contributed by atoms with van der Waals surface area (Å²) in [5.41, 5.74) is 2.11. The lowest BCUT2D eigenvalue weighted by Crippen LogP contribution is -2.52. The number of benzene rings is 1. The van der Waals surface area contributed by atoms with Gasteiger partial charge in [0.05, 0.1) is 12.5 Å². The number of likely N-dealkylation sites (N-methyl/N-ethyl adjacent to an activating group) is 1. The first-order chi connectivity index (χ1) is 12.1. The van der Waals surface area contributed by atoms with Crippen LogP contribution in [0.25, 0.3) is 17.0 Å². The lowest BCUT2D eigenvalue weighted by molar-refractivity contribution is -0.130. The Hall–Kier alpha value is -2.58. The van der Waals surface area contributed by atoms with Gasteiger partial charge in [-0.1, -0.05) is 18.2 Å². The van der Waals surface area contributed by atoms with Gasteiger partial charge in [0.25, 0.3) is 0 Å². The molecule has 1 aliphatic heterocycles. The van der Waals surface area contributed by atoms with Gasteiger partial charge in [-0.3, -0.25) is 4.79 Å². The van der Waals surface area contributed by atoms with Crippen LogP contribution < -0.4 is 0 Å². The molecule has 1 unspecified atom stereocenters. The highest BCUT2D eigenvalue weighted by Gasteiger charge is 2.24. The Labute approximate surface area is 148 Å². The number of aryl methyl sites for hydroxylation is 1. The number of hydrogen-bond donors (Lipinski definition) is 0. The fourth-order valence-corrected chi connectivity index (χ4v) is 3.49. The monoisotopic (exact) mass is 336 g/mol. The van der Waals surface area contributed by atoms with Crippen molar-refractivity contribution in [1.82, 2.24) is 14.4 Å². The van der Waals surface area contributed by atoms with Crippen LogP contribution in [-0.4, -0.2) is 53.0 Å². The molecule has 1 aromatic carbocycles. The number of rotatable bonds is 4. The molecule has 0 N–H and O–H groups in total. The first kappa shape index (κ1) is 17.2. The second-order valence-electron chi connectivity index (χ2n) is 6.68.